The molecule has 3 fully saturated rings. The van der Waals surface area contributed by atoms with E-state index in [1.54, 1.807) is 7.11 Å². The number of ether oxygens (including phenoxy) is 2. The van der Waals surface area contributed by atoms with Gasteiger partial charge >= 0.3 is 0 Å². The Morgan fingerprint density at radius 1 is 1.28 bits per heavy atom. The predicted octanol–water partition coefficient (Wildman–Crippen LogP) is 1.66. The van der Waals surface area contributed by atoms with Gasteiger partial charge in [0.2, 0.25) is 0 Å². The van der Waals surface area contributed by atoms with Crippen molar-refractivity contribution >= 4 is 23.4 Å². The van der Waals surface area contributed by atoms with Crippen LogP contribution in [0.5, 0.6) is 5.75 Å². The van der Waals surface area contributed by atoms with Gasteiger partial charge in [-0.3, -0.25) is 14.9 Å². The Morgan fingerprint density at radius 2 is 2.00 bits per heavy atom. The largest absolute Gasteiger partial charge is 0.484 e. The average molecular weight is 424 g/mol. The molecule has 0 spiro atoms. The monoisotopic (exact) mass is 423 g/mol. The number of amides is 2. The number of nitrogens with one attached hydrogen (secondary N) is 3. The van der Waals surface area contributed by atoms with E-state index in [1.165, 1.54) is 12.1 Å². The van der Waals surface area contributed by atoms with E-state index in [9.17, 15) is 14.0 Å². The second kappa shape index (κ2) is 7.59. The highest BCUT2D eigenvalue weighted by Gasteiger charge is 2.69. The zero-order valence-electron chi connectivity index (χ0n) is 16.0. The van der Waals surface area contributed by atoms with E-state index in [0.717, 1.165) is 19.0 Å². The zero-order chi connectivity index (χ0) is 20.6. The Balaban J connectivity index is 1.23. The van der Waals surface area contributed by atoms with Crippen LogP contribution in [0.1, 0.15) is 25.7 Å². The predicted molar refractivity (Wildman–Crippen MR) is 104 cm³/mol. The maximum atomic E-state index is 13.4. The lowest BCUT2D eigenvalue weighted by molar-refractivity contribution is -0.149. The summed E-state index contributed by atoms with van der Waals surface area (Å²) in [5.74, 6) is -0.762. The van der Waals surface area contributed by atoms with E-state index in [2.05, 4.69) is 16.0 Å². The third kappa shape index (κ3) is 3.97. The SMILES string of the molecule is COC1NCCC=C1C(=O)NC12CC(NC(=O)COc3ccc(Cl)c(F)c3)(C1)C2. The first kappa shape index (κ1) is 20.1. The summed E-state index contributed by atoms with van der Waals surface area (Å²) < 4.78 is 24.0. The van der Waals surface area contributed by atoms with E-state index in [0.29, 0.717) is 24.8 Å². The summed E-state index contributed by atoms with van der Waals surface area (Å²) in [6, 6.07) is 4.03. The first-order chi connectivity index (χ1) is 13.8. The van der Waals surface area contributed by atoms with Gasteiger partial charge in [-0.15, -0.1) is 0 Å². The minimum absolute atomic E-state index is 0.000366. The molecule has 1 aromatic rings. The van der Waals surface area contributed by atoms with Crippen LogP contribution in [0, 0.1) is 5.82 Å². The van der Waals surface area contributed by atoms with Gasteiger partial charge in [-0.2, -0.15) is 0 Å². The van der Waals surface area contributed by atoms with Gasteiger partial charge in [0, 0.05) is 30.8 Å². The van der Waals surface area contributed by atoms with Crippen LogP contribution in [-0.2, 0) is 14.3 Å². The summed E-state index contributed by atoms with van der Waals surface area (Å²) in [6.45, 7) is 0.566. The van der Waals surface area contributed by atoms with Gasteiger partial charge in [-0.25, -0.2) is 4.39 Å². The quantitative estimate of drug-likeness (QED) is 0.620. The molecule has 156 valence electrons. The molecule has 4 aliphatic rings. The van der Waals surface area contributed by atoms with Gasteiger partial charge in [0.05, 0.1) is 10.6 Å². The topological polar surface area (TPSA) is 88.7 Å². The molecule has 2 amide bonds. The van der Waals surface area contributed by atoms with Crippen molar-refractivity contribution in [2.75, 3.05) is 20.3 Å². The van der Waals surface area contributed by atoms with E-state index in [1.807, 2.05) is 6.08 Å². The molecular formula is C20H23ClFN3O4. The smallest absolute Gasteiger partial charge is 0.258 e. The van der Waals surface area contributed by atoms with Gasteiger partial charge in [0.1, 0.15) is 17.8 Å². The van der Waals surface area contributed by atoms with Crippen LogP contribution >= 0.6 is 11.6 Å². The highest BCUT2D eigenvalue weighted by Crippen LogP contribution is 2.60. The van der Waals surface area contributed by atoms with Crippen LogP contribution in [0.4, 0.5) is 4.39 Å². The number of carbonyl (C=O) groups is 2. The summed E-state index contributed by atoms with van der Waals surface area (Å²) in [5, 5.41) is 9.21. The summed E-state index contributed by atoms with van der Waals surface area (Å²) >= 11 is 5.62. The molecule has 1 aliphatic heterocycles. The van der Waals surface area contributed by atoms with Crippen molar-refractivity contribution in [3.8, 4) is 5.75 Å². The van der Waals surface area contributed by atoms with Crippen molar-refractivity contribution in [3.05, 3.63) is 40.7 Å². The Bertz CT molecular complexity index is 856. The van der Waals surface area contributed by atoms with Crippen LogP contribution < -0.4 is 20.7 Å². The minimum atomic E-state index is -0.597. The van der Waals surface area contributed by atoms with Crippen molar-refractivity contribution < 1.29 is 23.5 Å². The van der Waals surface area contributed by atoms with Crippen LogP contribution in [0.25, 0.3) is 0 Å². The molecule has 0 radical (unpaired) electrons. The molecule has 29 heavy (non-hydrogen) atoms. The van der Waals surface area contributed by atoms with Crippen LogP contribution in [0.3, 0.4) is 0 Å². The van der Waals surface area contributed by atoms with Crippen molar-refractivity contribution in [2.45, 2.75) is 43.0 Å². The molecular weight excluding hydrogens is 401 g/mol. The molecule has 0 saturated heterocycles. The molecule has 3 aliphatic carbocycles. The fraction of sp³-hybridized carbons (Fsp3) is 0.500. The van der Waals surface area contributed by atoms with E-state index >= 15 is 0 Å². The second-order valence-electron chi connectivity index (χ2n) is 7.98. The third-order valence-corrected chi connectivity index (χ3v) is 6.00. The lowest BCUT2D eigenvalue weighted by atomic mass is 9.44. The standard InChI is InChI=1S/C20H23ClFN3O4/c1-28-18-13(3-2-6-23-18)17(27)25-20-9-19(10-20,11-20)24-16(26)8-29-12-4-5-14(21)15(22)7-12/h3-5,7,18,23H,2,6,8-11H2,1H3,(H,24,26)(H,25,27). The lowest BCUT2D eigenvalue weighted by Gasteiger charge is -2.70. The maximum absolute atomic E-state index is 13.4. The lowest BCUT2D eigenvalue weighted by Crippen LogP contribution is -2.84. The molecule has 1 aromatic carbocycles. The molecule has 1 atom stereocenters. The number of carbonyl (C=O) groups excluding carboxylic acids is 2. The molecule has 7 nitrogen and oxygen atoms in total. The van der Waals surface area contributed by atoms with Crippen LogP contribution in [0.2, 0.25) is 5.02 Å². The third-order valence-electron chi connectivity index (χ3n) is 5.69. The normalized spacial score (nSPS) is 29.8. The fourth-order valence-electron chi connectivity index (χ4n) is 4.49. The van der Waals surface area contributed by atoms with E-state index < -0.39 is 5.82 Å². The number of methoxy groups -OCH3 is 1. The van der Waals surface area contributed by atoms with E-state index in [-0.39, 0.29) is 46.5 Å². The minimum Gasteiger partial charge on any atom is -0.484 e. The summed E-state index contributed by atoms with van der Waals surface area (Å²) in [5.41, 5.74) is 0.0464. The molecule has 2 bridgehead atoms. The Morgan fingerprint density at radius 3 is 2.69 bits per heavy atom. The molecule has 1 unspecified atom stereocenters. The molecule has 1 heterocycles. The number of rotatable bonds is 7. The number of hydrogen-bond donors (Lipinski definition) is 3. The van der Waals surface area contributed by atoms with E-state index in [4.69, 9.17) is 21.1 Å². The molecule has 5 rings (SSSR count). The number of halogens is 2. The molecule has 3 saturated carbocycles. The van der Waals surface area contributed by atoms with Crippen molar-refractivity contribution in [3.63, 3.8) is 0 Å². The molecule has 0 aromatic heterocycles. The Kier molecular flexibility index (Phi) is 5.27. The summed E-state index contributed by atoms with van der Waals surface area (Å²) in [4.78, 5) is 24.8. The highest BCUT2D eigenvalue weighted by molar-refractivity contribution is 6.30. The van der Waals surface area contributed by atoms with Crippen molar-refractivity contribution in [1.82, 2.24) is 16.0 Å². The van der Waals surface area contributed by atoms with Crippen LogP contribution in [-0.4, -0.2) is 49.4 Å². The van der Waals surface area contributed by atoms with Gasteiger partial charge in [0.25, 0.3) is 11.8 Å². The van der Waals surface area contributed by atoms with Gasteiger partial charge < -0.3 is 20.1 Å². The maximum Gasteiger partial charge on any atom is 0.258 e. The Labute approximate surface area is 173 Å². The zero-order valence-corrected chi connectivity index (χ0v) is 16.8. The molecule has 3 N–H and O–H groups in total. The second-order valence-corrected chi connectivity index (χ2v) is 8.38. The number of benzene rings is 1. The van der Waals surface area contributed by atoms with Gasteiger partial charge in [0.15, 0.2) is 6.61 Å². The van der Waals surface area contributed by atoms with Gasteiger partial charge in [-0.05, 0) is 37.8 Å². The first-order valence-corrected chi connectivity index (χ1v) is 9.89. The molecule has 9 heteroatoms. The number of hydrogen-bond acceptors (Lipinski definition) is 5. The summed E-state index contributed by atoms with van der Waals surface area (Å²) in [6.07, 6.45) is 4.36. The summed E-state index contributed by atoms with van der Waals surface area (Å²) in [7, 11) is 1.57. The highest BCUT2D eigenvalue weighted by atomic mass is 35.5. The van der Waals surface area contributed by atoms with Gasteiger partial charge in [-0.1, -0.05) is 17.7 Å². The fourth-order valence-corrected chi connectivity index (χ4v) is 4.61. The van der Waals surface area contributed by atoms with Crippen LogP contribution in [0.15, 0.2) is 29.8 Å². The first-order valence-electron chi connectivity index (χ1n) is 9.51. The van der Waals surface area contributed by atoms with Crippen molar-refractivity contribution in [2.24, 2.45) is 0 Å². The van der Waals surface area contributed by atoms with Crippen molar-refractivity contribution in [1.29, 1.82) is 0 Å². The Hall–Kier alpha value is -2.16. The average Bonchev–Trinajstić information content (AvgIpc) is 2.66.